The smallest absolute Gasteiger partial charge is 0.340 e. The number of nitrogens with one attached hydrogen (secondary N) is 2. The normalized spacial score (nSPS) is 14.4. The molecule has 0 bridgehead atoms. The molecule has 1 aliphatic heterocycles. The fourth-order valence-corrected chi connectivity index (χ4v) is 3.70. The van der Waals surface area contributed by atoms with Crippen LogP contribution in [0.25, 0.3) is 6.08 Å². The van der Waals surface area contributed by atoms with E-state index >= 15 is 0 Å². The second kappa shape index (κ2) is 11.9. The van der Waals surface area contributed by atoms with Gasteiger partial charge in [0.2, 0.25) is 0 Å². The summed E-state index contributed by atoms with van der Waals surface area (Å²) in [6, 6.07) is 7.55. The zero-order valence-electron chi connectivity index (χ0n) is 19.6. The van der Waals surface area contributed by atoms with Crippen LogP contribution in [-0.4, -0.2) is 56.0 Å². The molecule has 0 aliphatic carbocycles. The average molecular weight is 536 g/mol. The van der Waals surface area contributed by atoms with Crippen molar-refractivity contribution in [3.63, 3.8) is 0 Å². The Morgan fingerprint density at radius 3 is 2.50 bits per heavy atom. The van der Waals surface area contributed by atoms with Crippen molar-refractivity contribution in [2.75, 3.05) is 32.7 Å². The number of rotatable bonds is 8. The monoisotopic (exact) mass is 535 g/mol. The Morgan fingerprint density at radius 1 is 1.08 bits per heavy atom. The Kier molecular flexibility index (Phi) is 8.92. The number of allylic oxidation sites excluding steroid dienone is 1. The number of methoxy groups -OCH3 is 2. The largest absolute Gasteiger partial charge is 0.465 e. The number of carbonyl (C=O) groups is 4. The van der Waals surface area contributed by atoms with Crippen molar-refractivity contribution in [3.8, 4) is 0 Å². The van der Waals surface area contributed by atoms with Gasteiger partial charge in [0.05, 0.1) is 41.5 Å². The molecule has 1 aromatic carbocycles. The van der Waals surface area contributed by atoms with Crippen molar-refractivity contribution in [2.24, 2.45) is 0 Å². The third-order valence-corrected chi connectivity index (χ3v) is 5.94. The molecule has 0 fully saturated rings. The van der Waals surface area contributed by atoms with Gasteiger partial charge >= 0.3 is 17.8 Å². The van der Waals surface area contributed by atoms with Crippen LogP contribution in [0.5, 0.6) is 0 Å². The van der Waals surface area contributed by atoms with Crippen LogP contribution < -0.4 is 10.6 Å². The van der Waals surface area contributed by atoms with Crippen molar-refractivity contribution < 1.29 is 33.1 Å². The number of ether oxygens (including phenoxy) is 2. The third-order valence-electron chi connectivity index (χ3n) is 5.20. The molecule has 3 rings (SSSR count). The molecule has 0 unspecified atom stereocenters. The molecule has 0 saturated heterocycles. The molecule has 10 nitrogen and oxygen atoms in total. The van der Waals surface area contributed by atoms with Crippen molar-refractivity contribution in [1.82, 2.24) is 10.2 Å². The van der Waals surface area contributed by atoms with Crippen LogP contribution in [0, 0.1) is 0 Å². The summed E-state index contributed by atoms with van der Waals surface area (Å²) in [5.41, 5.74) is 0.995. The van der Waals surface area contributed by atoms with Gasteiger partial charge in [-0.1, -0.05) is 23.2 Å². The van der Waals surface area contributed by atoms with E-state index in [1.165, 1.54) is 43.4 Å². The highest BCUT2D eigenvalue weighted by atomic mass is 35.5. The second-order valence-electron chi connectivity index (χ2n) is 7.53. The topological polar surface area (TPSA) is 127 Å². The first-order valence-corrected chi connectivity index (χ1v) is 11.4. The summed E-state index contributed by atoms with van der Waals surface area (Å²) < 4.78 is 15.5. The summed E-state index contributed by atoms with van der Waals surface area (Å²) in [6.45, 7) is 2.10. The molecule has 0 radical (unpaired) electrons. The first-order chi connectivity index (χ1) is 17.2. The van der Waals surface area contributed by atoms with Crippen molar-refractivity contribution in [3.05, 3.63) is 68.7 Å². The molecule has 12 heteroatoms. The maximum absolute atomic E-state index is 12.9. The molecule has 2 aromatic rings. The van der Waals surface area contributed by atoms with Gasteiger partial charge in [0.1, 0.15) is 11.5 Å². The van der Waals surface area contributed by atoms with Gasteiger partial charge < -0.3 is 29.4 Å². The molecule has 2 heterocycles. The van der Waals surface area contributed by atoms with Crippen LogP contribution in [-0.2, 0) is 35.2 Å². The van der Waals surface area contributed by atoms with Crippen LogP contribution in [0.2, 0.25) is 10.0 Å². The van der Waals surface area contributed by atoms with Gasteiger partial charge in [0, 0.05) is 25.0 Å². The highest BCUT2D eigenvalue weighted by molar-refractivity contribution is 6.43. The van der Waals surface area contributed by atoms with E-state index in [-0.39, 0.29) is 41.6 Å². The fourth-order valence-electron chi connectivity index (χ4n) is 3.40. The molecule has 0 spiro atoms. The molecule has 0 atom stereocenters. The quantitative estimate of drug-likeness (QED) is 0.302. The molecule has 2 N–H and O–H groups in total. The summed E-state index contributed by atoms with van der Waals surface area (Å²) in [7, 11) is 2.74. The Bertz CT molecular complexity index is 1270. The molecular weight excluding hydrogens is 513 g/mol. The maximum Gasteiger partial charge on any atom is 0.340 e. The van der Waals surface area contributed by atoms with Crippen molar-refractivity contribution in [2.45, 2.75) is 13.5 Å². The van der Waals surface area contributed by atoms with E-state index in [0.29, 0.717) is 22.2 Å². The van der Waals surface area contributed by atoms with Gasteiger partial charge in [-0.3, -0.25) is 14.4 Å². The minimum Gasteiger partial charge on any atom is -0.465 e. The summed E-state index contributed by atoms with van der Waals surface area (Å²) in [5, 5.41) is 5.40. The van der Waals surface area contributed by atoms with E-state index in [0.717, 1.165) is 0 Å². The maximum atomic E-state index is 12.9. The highest BCUT2D eigenvalue weighted by Crippen LogP contribution is 2.31. The Morgan fingerprint density at radius 2 is 1.83 bits per heavy atom. The van der Waals surface area contributed by atoms with E-state index in [2.05, 4.69) is 10.6 Å². The summed E-state index contributed by atoms with van der Waals surface area (Å²) in [4.78, 5) is 51.0. The number of anilines is 1. The third kappa shape index (κ3) is 6.14. The Labute approximate surface area is 216 Å². The van der Waals surface area contributed by atoms with Gasteiger partial charge in [0.15, 0.2) is 0 Å². The predicted molar refractivity (Wildman–Crippen MR) is 132 cm³/mol. The van der Waals surface area contributed by atoms with Gasteiger partial charge in [-0.15, -0.1) is 0 Å². The van der Waals surface area contributed by atoms with Gasteiger partial charge in [-0.05, 0) is 43.3 Å². The number of carbonyl (C=O) groups excluding carboxylic acids is 4. The van der Waals surface area contributed by atoms with E-state index in [4.69, 9.17) is 37.1 Å². The predicted octanol–water partition coefficient (Wildman–Crippen LogP) is 3.16. The first kappa shape index (κ1) is 27.0. The molecule has 0 saturated carbocycles. The minimum atomic E-state index is -0.904. The van der Waals surface area contributed by atoms with Crippen LogP contribution in [0.1, 0.15) is 18.4 Å². The fraction of sp³-hybridized carbons (Fsp3) is 0.250. The minimum absolute atomic E-state index is 0.0938. The number of nitrogens with zero attached hydrogens (tertiary/aromatic N) is 1. The lowest BCUT2D eigenvalue weighted by Gasteiger charge is -2.16. The second-order valence-corrected chi connectivity index (χ2v) is 8.34. The number of amides is 3. The summed E-state index contributed by atoms with van der Waals surface area (Å²) >= 11 is 11.7. The number of halogens is 2. The van der Waals surface area contributed by atoms with Gasteiger partial charge in [-0.25, -0.2) is 4.79 Å². The number of hydrogen-bond acceptors (Lipinski definition) is 7. The van der Waals surface area contributed by atoms with Crippen molar-refractivity contribution >= 4 is 58.7 Å². The number of furan rings is 1. The Hall–Kier alpha value is -3.60. The lowest BCUT2D eigenvalue weighted by molar-refractivity contribution is -0.136. The molecule has 1 aromatic heterocycles. The first-order valence-electron chi connectivity index (χ1n) is 10.6. The standard InChI is InChI=1S/C24H23Cl2N3O7/c1-13-20(24(33)35-3)17(23(32)29(13)8-9-34-2)11-15-5-6-16(36-15)12-27-21(30)22(31)28-14-4-7-18(25)19(26)10-14/h4-7,10-11H,8-9,12H2,1-3H3,(H,27,30)(H,28,31)/b17-11+. The zero-order chi connectivity index (χ0) is 26.4. The number of hydrogen-bond donors (Lipinski definition) is 2. The van der Waals surface area contributed by atoms with E-state index < -0.39 is 23.7 Å². The molecular formula is C24H23Cl2N3O7. The molecule has 3 amide bonds. The van der Waals surface area contributed by atoms with Gasteiger partial charge in [0.25, 0.3) is 5.91 Å². The molecule has 190 valence electrons. The highest BCUT2D eigenvalue weighted by Gasteiger charge is 2.37. The molecule has 1 aliphatic rings. The van der Waals surface area contributed by atoms with Crippen LogP contribution >= 0.6 is 23.2 Å². The lowest BCUT2D eigenvalue weighted by Crippen LogP contribution is -2.34. The van der Waals surface area contributed by atoms with Gasteiger partial charge in [-0.2, -0.15) is 0 Å². The van der Waals surface area contributed by atoms with E-state index in [1.54, 1.807) is 19.1 Å². The number of esters is 1. The Balaban J connectivity index is 1.68. The van der Waals surface area contributed by atoms with Crippen LogP contribution in [0.4, 0.5) is 5.69 Å². The lowest BCUT2D eigenvalue weighted by atomic mass is 10.1. The van der Waals surface area contributed by atoms with Crippen molar-refractivity contribution in [1.29, 1.82) is 0 Å². The summed E-state index contributed by atoms with van der Waals surface area (Å²) in [5.74, 6) is -2.26. The van der Waals surface area contributed by atoms with E-state index in [1.807, 2.05) is 0 Å². The van der Waals surface area contributed by atoms with Crippen LogP contribution in [0.15, 0.2) is 51.6 Å². The zero-order valence-corrected chi connectivity index (χ0v) is 21.2. The van der Waals surface area contributed by atoms with Crippen LogP contribution in [0.3, 0.4) is 0 Å². The van der Waals surface area contributed by atoms with E-state index in [9.17, 15) is 19.2 Å². The molecule has 36 heavy (non-hydrogen) atoms. The summed E-state index contributed by atoms with van der Waals surface area (Å²) in [6.07, 6.45) is 1.42. The SMILES string of the molecule is COCCN1C(=O)/C(=C/c2ccc(CNC(=O)C(=O)Nc3ccc(Cl)c(Cl)c3)o2)C(C(=O)OC)=C1C. The average Bonchev–Trinajstić information content (AvgIpc) is 3.40. The number of benzene rings is 1.